The lowest BCUT2D eigenvalue weighted by atomic mass is 9.84. The Morgan fingerprint density at radius 3 is 2.50 bits per heavy atom. The maximum Gasteiger partial charge on any atom is 0.0101 e. The second kappa shape index (κ2) is 4.65. The first-order valence-electron chi connectivity index (χ1n) is 6.60. The lowest BCUT2D eigenvalue weighted by Crippen LogP contribution is -2.53. The normalized spacial score (nSPS) is 39.4. The van der Waals surface area contributed by atoms with Crippen LogP contribution >= 0.6 is 0 Å². The van der Waals surface area contributed by atoms with E-state index in [-0.39, 0.29) is 0 Å². The highest BCUT2D eigenvalue weighted by Crippen LogP contribution is 2.35. The molecule has 0 aromatic heterocycles. The molecule has 2 fully saturated rings. The topological polar surface area (TPSA) is 3.24 Å². The fourth-order valence-corrected chi connectivity index (χ4v) is 3.62. The third-order valence-electron chi connectivity index (χ3n) is 4.21. The van der Waals surface area contributed by atoms with Gasteiger partial charge in [0.1, 0.15) is 0 Å². The van der Waals surface area contributed by atoms with E-state index < -0.39 is 0 Å². The minimum Gasteiger partial charge on any atom is -0.295 e. The van der Waals surface area contributed by atoms with Gasteiger partial charge in [0.25, 0.3) is 0 Å². The molecule has 0 N–H and O–H groups in total. The Kier molecular flexibility index (Phi) is 3.48. The molecule has 2 saturated heterocycles. The van der Waals surface area contributed by atoms with Crippen molar-refractivity contribution in [3.8, 4) is 0 Å². The van der Waals surface area contributed by atoms with Crippen molar-refractivity contribution in [2.45, 2.75) is 83.3 Å². The predicted octanol–water partition coefficient (Wildman–Crippen LogP) is 3.58. The van der Waals surface area contributed by atoms with E-state index in [0.29, 0.717) is 0 Å². The van der Waals surface area contributed by atoms with Gasteiger partial charge in [0.05, 0.1) is 0 Å². The average Bonchev–Trinajstić information content (AvgIpc) is 2.19. The molecular formula is C13H25N. The Hall–Kier alpha value is -0.0400. The third kappa shape index (κ3) is 1.98. The van der Waals surface area contributed by atoms with E-state index in [1.54, 1.807) is 0 Å². The van der Waals surface area contributed by atoms with Crippen molar-refractivity contribution >= 4 is 0 Å². The zero-order valence-electron chi connectivity index (χ0n) is 9.84. The Labute approximate surface area is 88.9 Å². The molecule has 0 saturated carbocycles. The van der Waals surface area contributed by atoms with Gasteiger partial charge in [-0.2, -0.15) is 0 Å². The summed E-state index contributed by atoms with van der Waals surface area (Å²) < 4.78 is 0. The summed E-state index contributed by atoms with van der Waals surface area (Å²) in [4.78, 5) is 2.87. The first-order chi connectivity index (χ1) is 6.83. The summed E-state index contributed by atoms with van der Waals surface area (Å²) in [5.41, 5.74) is 0. The number of hydrogen-bond acceptors (Lipinski definition) is 1. The van der Waals surface area contributed by atoms with Crippen LogP contribution < -0.4 is 0 Å². The summed E-state index contributed by atoms with van der Waals surface area (Å²) in [5.74, 6) is 0. The van der Waals surface area contributed by atoms with Crippen LogP contribution in [0.2, 0.25) is 0 Å². The summed E-state index contributed by atoms with van der Waals surface area (Å²) in [6.07, 6.45) is 11.6. The smallest absolute Gasteiger partial charge is 0.0101 e. The first kappa shape index (κ1) is 10.5. The molecule has 0 aromatic carbocycles. The van der Waals surface area contributed by atoms with Crippen LogP contribution in [0.15, 0.2) is 0 Å². The van der Waals surface area contributed by atoms with Gasteiger partial charge in [-0.05, 0) is 39.0 Å². The number of fused-ring (bicyclic) bond motifs is 1. The van der Waals surface area contributed by atoms with Crippen molar-refractivity contribution in [2.75, 3.05) is 0 Å². The van der Waals surface area contributed by atoms with Gasteiger partial charge in [-0.25, -0.2) is 0 Å². The van der Waals surface area contributed by atoms with Gasteiger partial charge >= 0.3 is 0 Å². The molecule has 82 valence electrons. The van der Waals surface area contributed by atoms with Gasteiger partial charge in [0, 0.05) is 18.1 Å². The van der Waals surface area contributed by atoms with Crippen LogP contribution in [0.1, 0.15) is 65.2 Å². The summed E-state index contributed by atoms with van der Waals surface area (Å²) in [6.45, 7) is 4.78. The van der Waals surface area contributed by atoms with E-state index in [1.165, 1.54) is 51.4 Å². The molecular weight excluding hydrogens is 170 g/mol. The van der Waals surface area contributed by atoms with Gasteiger partial charge < -0.3 is 0 Å². The maximum absolute atomic E-state index is 2.87. The van der Waals surface area contributed by atoms with Gasteiger partial charge in [0.2, 0.25) is 0 Å². The number of rotatable bonds is 2. The SMILES string of the molecule is CCC[C@H]1CCC[C@@H]2CCC[C@@H](C)N21. The Morgan fingerprint density at radius 2 is 1.79 bits per heavy atom. The molecule has 0 amide bonds. The molecule has 2 aliphatic rings. The summed E-state index contributed by atoms with van der Waals surface area (Å²) >= 11 is 0. The number of piperidine rings is 2. The molecule has 1 nitrogen and oxygen atoms in total. The minimum atomic E-state index is 0.866. The molecule has 0 unspecified atom stereocenters. The highest BCUT2D eigenvalue weighted by molar-refractivity contribution is 4.90. The molecule has 0 aromatic rings. The van der Waals surface area contributed by atoms with E-state index in [1.807, 2.05) is 0 Å². The lowest BCUT2D eigenvalue weighted by molar-refractivity contribution is 0.00763. The molecule has 2 rings (SSSR count). The second-order valence-electron chi connectivity index (χ2n) is 5.25. The zero-order valence-corrected chi connectivity index (χ0v) is 9.84. The molecule has 0 aliphatic carbocycles. The molecule has 1 heteroatoms. The van der Waals surface area contributed by atoms with Crippen LogP contribution in [0.4, 0.5) is 0 Å². The van der Waals surface area contributed by atoms with Gasteiger partial charge in [-0.3, -0.25) is 4.90 Å². The van der Waals surface area contributed by atoms with E-state index in [9.17, 15) is 0 Å². The van der Waals surface area contributed by atoms with Crippen LogP contribution in [-0.4, -0.2) is 23.0 Å². The molecule has 0 bridgehead atoms. The van der Waals surface area contributed by atoms with E-state index in [2.05, 4.69) is 18.7 Å². The molecule has 0 spiro atoms. The number of hydrogen-bond donors (Lipinski definition) is 0. The predicted molar refractivity (Wildman–Crippen MR) is 61.5 cm³/mol. The monoisotopic (exact) mass is 195 g/mol. The molecule has 2 heterocycles. The molecule has 14 heavy (non-hydrogen) atoms. The maximum atomic E-state index is 2.87. The summed E-state index contributed by atoms with van der Waals surface area (Å²) in [5, 5.41) is 0. The van der Waals surface area contributed by atoms with Crippen LogP contribution in [-0.2, 0) is 0 Å². The molecule has 3 atom stereocenters. The van der Waals surface area contributed by atoms with Crippen LogP contribution in [0, 0.1) is 0 Å². The van der Waals surface area contributed by atoms with Crippen molar-refractivity contribution in [3.05, 3.63) is 0 Å². The Balaban J connectivity index is 2.02. The van der Waals surface area contributed by atoms with E-state index >= 15 is 0 Å². The largest absolute Gasteiger partial charge is 0.295 e. The first-order valence-corrected chi connectivity index (χ1v) is 6.60. The second-order valence-corrected chi connectivity index (χ2v) is 5.25. The molecule has 0 radical (unpaired) electrons. The van der Waals surface area contributed by atoms with Crippen molar-refractivity contribution in [1.29, 1.82) is 0 Å². The summed E-state index contributed by atoms with van der Waals surface area (Å²) in [6, 6.07) is 2.74. The fourth-order valence-electron chi connectivity index (χ4n) is 3.62. The van der Waals surface area contributed by atoms with Gasteiger partial charge in [-0.15, -0.1) is 0 Å². The Bertz CT molecular complexity index is 174. The third-order valence-corrected chi connectivity index (χ3v) is 4.21. The van der Waals surface area contributed by atoms with Crippen LogP contribution in [0.3, 0.4) is 0 Å². The lowest BCUT2D eigenvalue weighted by Gasteiger charge is -2.49. The minimum absolute atomic E-state index is 0.866. The molecule has 2 aliphatic heterocycles. The fraction of sp³-hybridized carbons (Fsp3) is 1.00. The van der Waals surface area contributed by atoms with Crippen molar-refractivity contribution in [1.82, 2.24) is 4.90 Å². The highest BCUT2D eigenvalue weighted by atomic mass is 15.2. The van der Waals surface area contributed by atoms with Crippen molar-refractivity contribution < 1.29 is 0 Å². The Morgan fingerprint density at radius 1 is 1.07 bits per heavy atom. The standard InChI is InChI=1S/C13H25N/c1-3-6-12-9-5-10-13-8-4-7-11(2)14(12)13/h11-13H,3-10H2,1-2H3/t11-,12+,13+/m1/s1. The zero-order chi connectivity index (χ0) is 9.97. The van der Waals surface area contributed by atoms with Gasteiger partial charge in [-0.1, -0.05) is 26.2 Å². The van der Waals surface area contributed by atoms with Crippen molar-refractivity contribution in [2.24, 2.45) is 0 Å². The van der Waals surface area contributed by atoms with Gasteiger partial charge in [0.15, 0.2) is 0 Å². The number of nitrogens with zero attached hydrogens (tertiary/aromatic N) is 1. The van der Waals surface area contributed by atoms with E-state index in [4.69, 9.17) is 0 Å². The quantitative estimate of drug-likeness (QED) is 0.651. The highest BCUT2D eigenvalue weighted by Gasteiger charge is 2.35. The summed E-state index contributed by atoms with van der Waals surface area (Å²) in [7, 11) is 0. The van der Waals surface area contributed by atoms with Crippen LogP contribution in [0.5, 0.6) is 0 Å². The van der Waals surface area contributed by atoms with E-state index in [0.717, 1.165) is 18.1 Å². The van der Waals surface area contributed by atoms with Crippen LogP contribution in [0.25, 0.3) is 0 Å². The average molecular weight is 195 g/mol. The van der Waals surface area contributed by atoms with Crippen molar-refractivity contribution in [3.63, 3.8) is 0 Å².